The zero-order valence-electron chi connectivity index (χ0n) is 14.5. The van der Waals surface area contributed by atoms with Gasteiger partial charge < -0.3 is 10.2 Å². The number of nitrogens with zero attached hydrogens (tertiary/aromatic N) is 5. The lowest BCUT2D eigenvalue weighted by molar-refractivity contribution is -0.135. The van der Waals surface area contributed by atoms with E-state index < -0.39 is 6.04 Å². The third kappa shape index (κ3) is 4.75. The highest BCUT2D eigenvalue weighted by atomic mass is 35.5. The predicted octanol–water partition coefficient (Wildman–Crippen LogP) is 1.64. The van der Waals surface area contributed by atoms with Crippen molar-refractivity contribution in [3.05, 3.63) is 30.3 Å². The fourth-order valence-electron chi connectivity index (χ4n) is 2.31. The fraction of sp³-hybridized carbons (Fsp3) is 0.500. The van der Waals surface area contributed by atoms with Crippen molar-refractivity contribution >= 4 is 18.3 Å². The highest BCUT2D eigenvalue weighted by Crippen LogP contribution is 2.20. The van der Waals surface area contributed by atoms with Crippen LogP contribution in [0.3, 0.4) is 0 Å². The number of halogens is 1. The number of aromatic nitrogens is 4. The summed E-state index contributed by atoms with van der Waals surface area (Å²) in [5.41, 5.74) is 0.886. The van der Waals surface area contributed by atoms with E-state index in [1.807, 2.05) is 51.2 Å². The van der Waals surface area contributed by atoms with E-state index in [-0.39, 0.29) is 24.2 Å². The van der Waals surface area contributed by atoms with Crippen LogP contribution in [0.15, 0.2) is 30.3 Å². The first-order valence-corrected chi connectivity index (χ1v) is 7.79. The third-order valence-corrected chi connectivity index (χ3v) is 3.67. The van der Waals surface area contributed by atoms with Crippen LogP contribution in [0.4, 0.5) is 0 Å². The van der Waals surface area contributed by atoms with Gasteiger partial charge in [-0.3, -0.25) is 4.79 Å². The van der Waals surface area contributed by atoms with Crippen LogP contribution in [-0.2, 0) is 4.79 Å². The van der Waals surface area contributed by atoms with E-state index in [0.29, 0.717) is 12.4 Å². The third-order valence-electron chi connectivity index (χ3n) is 3.67. The number of rotatable bonds is 7. The topological polar surface area (TPSA) is 75.9 Å². The maximum atomic E-state index is 12.7. The van der Waals surface area contributed by atoms with Gasteiger partial charge in [0.05, 0.1) is 0 Å². The van der Waals surface area contributed by atoms with Crippen molar-refractivity contribution in [2.45, 2.75) is 19.9 Å². The molecule has 0 aliphatic rings. The van der Waals surface area contributed by atoms with Gasteiger partial charge in [-0.05, 0) is 18.2 Å². The van der Waals surface area contributed by atoms with Crippen LogP contribution in [0.2, 0.25) is 0 Å². The SMILES string of the molecule is CNCCN(C)C(=O)C(C(C)C)n1nnc(-c2ccccc2)n1.Cl. The lowest BCUT2D eigenvalue weighted by Crippen LogP contribution is -2.40. The van der Waals surface area contributed by atoms with E-state index in [0.717, 1.165) is 12.1 Å². The summed E-state index contributed by atoms with van der Waals surface area (Å²) in [6, 6.07) is 9.17. The van der Waals surface area contributed by atoms with Gasteiger partial charge in [-0.25, -0.2) is 0 Å². The van der Waals surface area contributed by atoms with Gasteiger partial charge in [0.2, 0.25) is 11.7 Å². The molecule has 1 heterocycles. The molecule has 1 atom stereocenters. The Morgan fingerprint density at radius 2 is 1.96 bits per heavy atom. The molecule has 1 amide bonds. The average molecular weight is 353 g/mol. The van der Waals surface area contributed by atoms with Gasteiger partial charge in [-0.1, -0.05) is 44.2 Å². The first kappa shape index (κ1) is 20.1. The summed E-state index contributed by atoms with van der Waals surface area (Å²) < 4.78 is 0. The number of benzene rings is 1. The molecule has 7 nitrogen and oxygen atoms in total. The van der Waals surface area contributed by atoms with E-state index in [4.69, 9.17) is 0 Å². The molecular formula is C16H25ClN6O. The summed E-state index contributed by atoms with van der Waals surface area (Å²) in [5, 5.41) is 15.7. The maximum absolute atomic E-state index is 12.7. The van der Waals surface area contributed by atoms with Gasteiger partial charge in [-0.15, -0.1) is 22.6 Å². The Hall–Kier alpha value is -1.99. The minimum Gasteiger partial charge on any atom is -0.343 e. The van der Waals surface area contributed by atoms with E-state index in [1.54, 1.807) is 11.9 Å². The smallest absolute Gasteiger partial charge is 0.249 e. The molecule has 2 aromatic rings. The molecule has 0 aliphatic heterocycles. The second kappa shape index (κ2) is 9.34. The lowest BCUT2D eigenvalue weighted by atomic mass is 10.0. The van der Waals surface area contributed by atoms with Crippen LogP contribution in [0.5, 0.6) is 0 Å². The highest BCUT2D eigenvalue weighted by molar-refractivity contribution is 5.85. The molecule has 132 valence electrons. The van der Waals surface area contributed by atoms with E-state index in [1.165, 1.54) is 4.80 Å². The Bertz CT molecular complexity index is 631. The van der Waals surface area contributed by atoms with E-state index in [9.17, 15) is 4.79 Å². The first-order chi connectivity index (χ1) is 11.0. The zero-order chi connectivity index (χ0) is 16.8. The van der Waals surface area contributed by atoms with Crippen molar-refractivity contribution in [1.29, 1.82) is 0 Å². The quantitative estimate of drug-likeness (QED) is 0.819. The Morgan fingerprint density at radius 1 is 1.29 bits per heavy atom. The molecule has 24 heavy (non-hydrogen) atoms. The van der Waals surface area contributed by atoms with E-state index >= 15 is 0 Å². The van der Waals surface area contributed by atoms with Gasteiger partial charge in [0, 0.05) is 25.7 Å². The zero-order valence-corrected chi connectivity index (χ0v) is 15.3. The van der Waals surface area contributed by atoms with Crippen molar-refractivity contribution in [3.63, 3.8) is 0 Å². The first-order valence-electron chi connectivity index (χ1n) is 7.79. The summed E-state index contributed by atoms with van der Waals surface area (Å²) in [6.45, 7) is 5.35. The van der Waals surface area contributed by atoms with Crippen molar-refractivity contribution in [1.82, 2.24) is 30.4 Å². The van der Waals surface area contributed by atoms with Crippen LogP contribution in [-0.4, -0.2) is 58.2 Å². The van der Waals surface area contributed by atoms with Crippen LogP contribution in [0.1, 0.15) is 19.9 Å². The van der Waals surface area contributed by atoms with Crippen molar-refractivity contribution < 1.29 is 4.79 Å². The minimum absolute atomic E-state index is 0. The average Bonchev–Trinajstić information content (AvgIpc) is 3.02. The van der Waals surface area contributed by atoms with Gasteiger partial charge in [0.1, 0.15) is 0 Å². The summed E-state index contributed by atoms with van der Waals surface area (Å²) in [4.78, 5) is 15.8. The molecule has 0 fully saturated rings. The van der Waals surface area contributed by atoms with Crippen molar-refractivity contribution in [2.24, 2.45) is 5.92 Å². The number of hydrogen-bond acceptors (Lipinski definition) is 5. The van der Waals surface area contributed by atoms with E-state index in [2.05, 4.69) is 20.7 Å². The maximum Gasteiger partial charge on any atom is 0.249 e. The van der Waals surface area contributed by atoms with Crippen LogP contribution in [0.25, 0.3) is 11.4 Å². The minimum atomic E-state index is -0.457. The predicted molar refractivity (Wildman–Crippen MR) is 95.9 cm³/mol. The van der Waals surface area contributed by atoms with Crippen LogP contribution >= 0.6 is 12.4 Å². The molecule has 0 radical (unpaired) electrons. The number of carbonyl (C=O) groups is 1. The summed E-state index contributed by atoms with van der Waals surface area (Å²) in [6.07, 6.45) is 0. The van der Waals surface area contributed by atoms with Crippen molar-refractivity contribution in [2.75, 3.05) is 27.2 Å². The monoisotopic (exact) mass is 352 g/mol. The van der Waals surface area contributed by atoms with Gasteiger partial charge in [0.15, 0.2) is 6.04 Å². The molecule has 0 saturated heterocycles. The Kier molecular flexibility index (Phi) is 7.81. The number of nitrogens with one attached hydrogen (secondary N) is 1. The normalized spacial score (nSPS) is 11.9. The number of carbonyl (C=O) groups excluding carboxylic acids is 1. The molecular weight excluding hydrogens is 328 g/mol. The summed E-state index contributed by atoms with van der Waals surface area (Å²) in [7, 11) is 3.66. The summed E-state index contributed by atoms with van der Waals surface area (Å²) >= 11 is 0. The molecule has 1 aromatic carbocycles. The number of hydrogen-bond donors (Lipinski definition) is 1. The molecule has 0 spiro atoms. The highest BCUT2D eigenvalue weighted by Gasteiger charge is 2.29. The number of amides is 1. The lowest BCUT2D eigenvalue weighted by Gasteiger charge is -2.25. The molecule has 1 N–H and O–H groups in total. The molecule has 1 aromatic heterocycles. The standard InChI is InChI=1S/C16H24N6O.ClH/c1-12(2)14(16(23)21(4)11-10-17-3)22-19-15(18-20-22)13-8-6-5-7-9-13;/h5-9,12,14,17H,10-11H2,1-4H3;1H. The molecule has 0 bridgehead atoms. The van der Waals surface area contributed by atoms with Crippen LogP contribution < -0.4 is 5.32 Å². The van der Waals surface area contributed by atoms with Gasteiger partial charge in [-0.2, -0.15) is 4.80 Å². The van der Waals surface area contributed by atoms with Crippen molar-refractivity contribution in [3.8, 4) is 11.4 Å². The van der Waals surface area contributed by atoms with Crippen LogP contribution in [0, 0.1) is 5.92 Å². The number of tetrazole rings is 1. The summed E-state index contributed by atoms with van der Waals surface area (Å²) in [5.74, 6) is 0.589. The van der Waals surface area contributed by atoms with Gasteiger partial charge >= 0.3 is 0 Å². The number of likely N-dealkylation sites (N-methyl/N-ethyl adjacent to an activating group) is 2. The molecule has 8 heteroatoms. The molecule has 0 aliphatic carbocycles. The Labute approximate surface area is 148 Å². The largest absolute Gasteiger partial charge is 0.343 e. The second-order valence-electron chi connectivity index (χ2n) is 5.85. The second-order valence-corrected chi connectivity index (χ2v) is 5.85. The molecule has 1 unspecified atom stereocenters. The Morgan fingerprint density at radius 3 is 2.54 bits per heavy atom. The molecule has 2 rings (SSSR count). The molecule has 0 saturated carbocycles. The fourth-order valence-corrected chi connectivity index (χ4v) is 2.31. The van der Waals surface area contributed by atoms with Gasteiger partial charge in [0.25, 0.3) is 0 Å². The Balaban J connectivity index is 0.00000288.